The average Bonchev–Trinajstić information content (AvgIpc) is 3.15. The fraction of sp³-hybridized carbons (Fsp3) is 0.500. The number of benzene rings is 1. The lowest BCUT2D eigenvalue weighted by atomic mass is 9.75. The summed E-state index contributed by atoms with van der Waals surface area (Å²) in [7, 11) is 0. The van der Waals surface area contributed by atoms with Gasteiger partial charge in [-0.1, -0.05) is 36.4 Å². The second-order valence-electron chi connectivity index (χ2n) is 7.83. The molecule has 1 aliphatic rings. The molecule has 0 radical (unpaired) electrons. The number of carbonyl (C=O) groups is 1. The van der Waals surface area contributed by atoms with Crippen LogP contribution in [0, 0.1) is 11.8 Å². The van der Waals surface area contributed by atoms with Crippen LogP contribution < -0.4 is 5.32 Å². The Kier molecular flexibility index (Phi) is 6.49. The van der Waals surface area contributed by atoms with Gasteiger partial charge in [0.2, 0.25) is 0 Å². The van der Waals surface area contributed by atoms with Gasteiger partial charge in [0.05, 0.1) is 10.5 Å². The fourth-order valence-corrected chi connectivity index (χ4v) is 4.61. The average molecular weight is 372 g/mol. The Balaban J connectivity index is 1.61. The number of ether oxygens (including phenoxy) is 1. The predicted octanol–water partition coefficient (Wildman–Crippen LogP) is 4.93. The molecular weight excluding hydrogens is 342 g/mol. The molecule has 3 nitrogen and oxygen atoms in total. The topological polar surface area (TPSA) is 38.3 Å². The molecule has 1 aromatic carbocycles. The molecule has 0 bridgehead atoms. The van der Waals surface area contributed by atoms with Gasteiger partial charge in [-0.15, -0.1) is 11.3 Å². The first-order valence-electron chi connectivity index (χ1n) is 9.53. The van der Waals surface area contributed by atoms with Crippen molar-refractivity contribution >= 4 is 17.2 Å². The van der Waals surface area contributed by atoms with Gasteiger partial charge in [-0.25, -0.2) is 0 Å². The molecule has 0 aliphatic carbocycles. The molecule has 2 aromatic rings. The van der Waals surface area contributed by atoms with Gasteiger partial charge < -0.3 is 10.1 Å². The third-order valence-corrected chi connectivity index (χ3v) is 6.16. The van der Waals surface area contributed by atoms with Gasteiger partial charge in [0.15, 0.2) is 0 Å². The van der Waals surface area contributed by atoms with Crippen molar-refractivity contribution in [2.75, 3.05) is 13.2 Å². The molecule has 1 amide bonds. The zero-order valence-electron chi connectivity index (χ0n) is 15.7. The molecule has 3 rings (SSSR count). The smallest absolute Gasteiger partial charge is 0.261 e. The van der Waals surface area contributed by atoms with Gasteiger partial charge >= 0.3 is 0 Å². The molecule has 1 aliphatic heterocycles. The summed E-state index contributed by atoms with van der Waals surface area (Å²) in [5.74, 6) is 1.24. The molecule has 1 saturated heterocycles. The zero-order chi connectivity index (χ0) is 18.4. The van der Waals surface area contributed by atoms with E-state index in [1.165, 1.54) is 16.9 Å². The maximum absolute atomic E-state index is 12.2. The first kappa shape index (κ1) is 19.1. The lowest BCUT2D eigenvalue weighted by molar-refractivity contribution is -0.0830. The van der Waals surface area contributed by atoms with E-state index < -0.39 is 0 Å². The quantitative estimate of drug-likeness (QED) is 0.749. The van der Waals surface area contributed by atoms with Crippen LogP contribution in [0.15, 0.2) is 47.8 Å². The maximum Gasteiger partial charge on any atom is 0.261 e. The van der Waals surface area contributed by atoms with Crippen molar-refractivity contribution in [3.8, 4) is 0 Å². The summed E-state index contributed by atoms with van der Waals surface area (Å²) >= 11 is 1.49. The van der Waals surface area contributed by atoms with Gasteiger partial charge in [-0.2, -0.15) is 0 Å². The Hall–Kier alpha value is -1.65. The molecule has 1 N–H and O–H groups in total. The van der Waals surface area contributed by atoms with Crippen LogP contribution in [0.2, 0.25) is 0 Å². The number of carbonyl (C=O) groups excluding carboxylic acids is 1. The minimum Gasteiger partial charge on any atom is -0.376 e. The van der Waals surface area contributed by atoms with E-state index in [1.54, 1.807) is 0 Å². The van der Waals surface area contributed by atoms with Crippen LogP contribution in [0.3, 0.4) is 0 Å². The van der Waals surface area contributed by atoms with Crippen LogP contribution in [0.1, 0.15) is 48.3 Å². The standard InChI is InChI=1S/C22H29NO2S/c1-22(2)16-19(11-13-25-22)18(15-17-7-4-3-5-8-17)10-12-23-21(24)20-9-6-14-26-20/h3-9,14,18-19H,10-13,15-16H2,1-2H3,(H,23,24)/t18-,19+/m0/s1. The summed E-state index contributed by atoms with van der Waals surface area (Å²) in [6.45, 7) is 5.95. The number of thiophene rings is 1. The third kappa shape index (κ3) is 5.42. The van der Waals surface area contributed by atoms with E-state index in [0.29, 0.717) is 11.8 Å². The van der Waals surface area contributed by atoms with Gasteiger partial charge in [-0.3, -0.25) is 4.79 Å². The molecule has 0 unspecified atom stereocenters. The Morgan fingerprint density at radius 2 is 2.08 bits per heavy atom. The van der Waals surface area contributed by atoms with E-state index in [4.69, 9.17) is 4.74 Å². The van der Waals surface area contributed by atoms with E-state index in [9.17, 15) is 4.79 Å². The van der Waals surface area contributed by atoms with E-state index in [0.717, 1.165) is 43.7 Å². The van der Waals surface area contributed by atoms with Crippen molar-refractivity contribution in [3.63, 3.8) is 0 Å². The zero-order valence-corrected chi connectivity index (χ0v) is 16.6. The number of amides is 1. The summed E-state index contributed by atoms with van der Waals surface area (Å²) in [6.07, 6.45) is 4.27. The van der Waals surface area contributed by atoms with Crippen LogP contribution in [0.4, 0.5) is 0 Å². The van der Waals surface area contributed by atoms with Crippen LogP contribution >= 0.6 is 11.3 Å². The van der Waals surface area contributed by atoms with Crippen molar-refractivity contribution in [2.45, 2.75) is 45.1 Å². The summed E-state index contributed by atoms with van der Waals surface area (Å²) in [4.78, 5) is 13.0. The second kappa shape index (κ2) is 8.83. The largest absolute Gasteiger partial charge is 0.376 e. The van der Waals surface area contributed by atoms with Crippen molar-refractivity contribution in [2.24, 2.45) is 11.8 Å². The minimum atomic E-state index is -0.0436. The molecule has 4 heteroatoms. The van der Waals surface area contributed by atoms with Crippen LogP contribution in [0.25, 0.3) is 0 Å². The second-order valence-corrected chi connectivity index (χ2v) is 8.78. The highest BCUT2D eigenvalue weighted by Gasteiger charge is 2.33. The van der Waals surface area contributed by atoms with Crippen LogP contribution in [-0.4, -0.2) is 24.7 Å². The molecular formula is C22H29NO2S. The number of rotatable bonds is 7. The number of nitrogens with one attached hydrogen (secondary N) is 1. The number of hydrogen-bond acceptors (Lipinski definition) is 3. The van der Waals surface area contributed by atoms with E-state index in [2.05, 4.69) is 49.5 Å². The molecule has 1 fully saturated rings. The van der Waals surface area contributed by atoms with Crippen molar-refractivity contribution in [3.05, 3.63) is 58.3 Å². The summed E-state index contributed by atoms with van der Waals surface area (Å²) in [5.41, 5.74) is 1.34. The Morgan fingerprint density at radius 1 is 1.27 bits per heavy atom. The third-order valence-electron chi connectivity index (χ3n) is 5.29. The van der Waals surface area contributed by atoms with Gasteiger partial charge in [0, 0.05) is 13.2 Å². The molecule has 0 saturated carbocycles. The van der Waals surface area contributed by atoms with Crippen molar-refractivity contribution in [1.82, 2.24) is 5.32 Å². The molecule has 0 spiro atoms. The van der Waals surface area contributed by atoms with Gasteiger partial charge in [-0.05, 0) is 68.4 Å². The summed E-state index contributed by atoms with van der Waals surface area (Å²) in [5, 5.41) is 5.04. The van der Waals surface area contributed by atoms with Crippen molar-refractivity contribution in [1.29, 1.82) is 0 Å². The summed E-state index contributed by atoms with van der Waals surface area (Å²) < 4.78 is 5.92. The molecule has 140 valence electrons. The molecule has 1 aromatic heterocycles. The van der Waals surface area contributed by atoms with E-state index in [-0.39, 0.29) is 11.5 Å². The number of hydrogen-bond donors (Lipinski definition) is 1. The molecule has 2 heterocycles. The first-order chi connectivity index (χ1) is 12.5. The van der Waals surface area contributed by atoms with Crippen LogP contribution in [-0.2, 0) is 11.2 Å². The molecule has 26 heavy (non-hydrogen) atoms. The predicted molar refractivity (Wildman–Crippen MR) is 108 cm³/mol. The van der Waals surface area contributed by atoms with Crippen molar-refractivity contribution < 1.29 is 9.53 Å². The lowest BCUT2D eigenvalue weighted by Crippen LogP contribution is -2.38. The van der Waals surface area contributed by atoms with Gasteiger partial charge in [0.1, 0.15) is 0 Å². The van der Waals surface area contributed by atoms with Crippen LogP contribution in [0.5, 0.6) is 0 Å². The van der Waals surface area contributed by atoms with E-state index in [1.807, 2.05) is 17.5 Å². The Morgan fingerprint density at radius 3 is 2.77 bits per heavy atom. The molecule has 2 atom stereocenters. The Labute approximate surface area is 160 Å². The highest BCUT2D eigenvalue weighted by molar-refractivity contribution is 7.12. The first-order valence-corrected chi connectivity index (χ1v) is 10.4. The van der Waals surface area contributed by atoms with Gasteiger partial charge in [0.25, 0.3) is 5.91 Å². The normalized spacial score (nSPS) is 20.5. The summed E-state index contributed by atoms with van der Waals surface area (Å²) in [6, 6.07) is 14.5. The highest BCUT2D eigenvalue weighted by Crippen LogP contribution is 2.36. The van der Waals surface area contributed by atoms with E-state index >= 15 is 0 Å². The fourth-order valence-electron chi connectivity index (χ4n) is 3.97. The SMILES string of the molecule is CC1(C)C[C@H]([C@@H](CCNC(=O)c2cccs2)Cc2ccccc2)CCO1. The Bertz CT molecular complexity index is 681. The monoisotopic (exact) mass is 371 g/mol. The maximum atomic E-state index is 12.2. The lowest BCUT2D eigenvalue weighted by Gasteiger charge is -2.39. The minimum absolute atomic E-state index is 0.0436. The highest BCUT2D eigenvalue weighted by atomic mass is 32.1.